The average Bonchev–Trinajstić information content (AvgIpc) is 3.48. The van der Waals surface area contributed by atoms with Gasteiger partial charge in [-0.2, -0.15) is 5.01 Å². The number of nitrogen functional groups attached to an aromatic ring is 1. The van der Waals surface area contributed by atoms with Gasteiger partial charge in [0.1, 0.15) is 18.0 Å². The van der Waals surface area contributed by atoms with Crippen molar-refractivity contribution in [2.45, 2.75) is 25.2 Å². The second-order valence-electron chi connectivity index (χ2n) is 9.30. The number of piperazine rings is 1. The number of amides is 4. The minimum atomic E-state index is -0.772. The molecule has 4 amide bonds. The summed E-state index contributed by atoms with van der Waals surface area (Å²) in [6.07, 6.45) is 5.29. The third kappa shape index (κ3) is 4.94. The van der Waals surface area contributed by atoms with Gasteiger partial charge in [-0.1, -0.05) is 41.5 Å². The number of thiazole rings is 1. The third-order valence-corrected chi connectivity index (χ3v) is 7.88. The van der Waals surface area contributed by atoms with E-state index in [1.54, 1.807) is 21.9 Å². The van der Waals surface area contributed by atoms with Crippen LogP contribution in [0.3, 0.4) is 0 Å². The quantitative estimate of drug-likeness (QED) is 0.430. The minimum absolute atomic E-state index is 0.0220. The molecule has 2 aliphatic rings. The summed E-state index contributed by atoms with van der Waals surface area (Å²) in [5, 5.41) is 6.05. The van der Waals surface area contributed by atoms with E-state index in [0.717, 1.165) is 21.3 Å². The number of rotatable bonds is 7. The topological polar surface area (TPSA) is 124 Å². The van der Waals surface area contributed by atoms with Crippen LogP contribution in [0.4, 0.5) is 9.93 Å². The zero-order valence-electron chi connectivity index (χ0n) is 21.7. The number of fused-ring (bicyclic) bond motifs is 2. The van der Waals surface area contributed by atoms with E-state index in [0.29, 0.717) is 17.3 Å². The zero-order valence-corrected chi connectivity index (χ0v) is 22.5. The van der Waals surface area contributed by atoms with Crippen LogP contribution in [0.25, 0.3) is 10.2 Å². The molecule has 2 aromatic carbocycles. The fourth-order valence-electron chi connectivity index (χ4n) is 5.23. The van der Waals surface area contributed by atoms with Gasteiger partial charge >= 0.3 is 6.03 Å². The maximum atomic E-state index is 14.0. The number of hydrazine groups is 1. The van der Waals surface area contributed by atoms with E-state index < -0.39 is 18.2 Å². The molecule has 2 saturated heterocycles. The SMILES string of the molecule is C#CCN(C(=O)NC)N1CC(=O)N2[C@@H](Cc3ccc(OC)cc3)C(=O)N(Cc3cccc4sc(N)nc34)C[C@@H]21. The van der Waals surface area contributed by atoms with Crippen LogP contribution < -0.4 is 15.8 Å². The molecular weight excluding hydrogens is 518 g/mol. The number of nitrogens with two attached hydrogens (primary N) is 1. The largest absolute Gasteiger partial charge is 0.497 e. The van der Waals surface area contributed by atoms with Crippen LogP contribution in [-0.4, -0.2) is 88.6 Å². The van der Waals surface area contributed by atoms with Crippen LogP contribution in [-0.2, 0) is 22.6 Å². The lowest BCUT2D eigenvalue weighted by molar-refractivity contribution is -0.157. The molecule has 0 saturated carbocycles. The maximum absolute atomic E-state index is 14.0. The van der Waals surface area contributed by atoms with Gasteiger partial charge in [0.25, 0.3) is 0 Å². The normalized spacial score (nSPS) is 19.2. The smallest absolute Gasteiger partial charge is 0.332 e. The fraction of sp³-hybridized carbons (Fsp3) is 0.333. The van der Waals surface area contributed by atoms with Gasteiger partial charge in [0.2, 0.25) is 11.8 Å². The van der Waals surface area contributed by atoms with Crippen LogP contribution >= 0.6 is 11.3 Å². The number of methoxy groups -OCH3 is 1. The molecule has 5 rings (SSSR count). The molecule has 0 bridgehead atoms. The maximum Gasteiger partial charge on any atom is 0.332 e. The van der Waals surface area contributed by atoms with Gasteiger partial charge in [0.05, 0.1) is 37.0 Å². The third-order valence-electron chi connectivity index (χ3n) is 7.03. The Balaban J connectivity index is 1.52. The number of carbonyl (C=O) groups is 3. The van der Waals surface area contributed by atoms with Crippen LogP contribution in [0.1, 0.15) is 11.1 Å². The molecular formula is C27H29N7O4S. The highest BCUT2D eigenvalue weighted by Crippen LogP contribution is 2.32. The molecule has 2 atom stereocenters. The summed E-state index contributed by atoms with van der Waals surface area (Å²) in [5.41, 5.74) is 8.45. The van der Waals surface area contributed by atoms with E-state index in [9.17, 15) is 14.4 Å². The summed E-state index contributed by atoms with van der Waals surface area (Å²) in [4.78, 5) is 47.9. The van der Waals surface area contributed by atoms with Crippen LogP contribution in [0.5, 0.6) is 5.75 Å². The highest BCUT2D eigenvalue weighted by molar-refractivity contribution is 7.22. The molecule has 1 aromatic heterocycles. The summed E-state index contributed by atoms with van der Waals surface area (Å²) in [5.74, 6) is 2.77. The molecule has 0 aliphatic carbocycles. The molecule has 2 fully saturated rings. The molecule has 12 heteroatoms. The lowest BCUT2D eigenvalue weighted by Crippen LogP contribution is -2.66. The number of ether oxygens (including phenoxy) is 1. The highest BCUT2D eigenvalue weighted by Gasteiger charge is 2.52. The molecule has 3 heterocycles. The Bertz CT molecular complexity index is 1450. The number of terminal acetylenes is 1. The Hall–Kier alpha value is -4.34. The Morgan fingerprint density at radius 3 is 2.74 bits per heavy atom. The lowest BCUT2D eigenvalue weighted by atomic mass is 9.99. The highest BCUT2D eigenvalue weighted by atomic mass is 32.1. The number of benzene rings is 2. The molecule has 0 spiro atoms. The molecule has 0 unspecified atom stereocenters. The predicted molar refractivity (Wildman–Crippen MR) is 147 cm³/mol. The Morgan fingerprint density at radius 2 is 2.05 bits per heavy atom. The first-order valence-corrected chi connectivity index (χ1v) is 13.2. The summed E-state index contributed by atoms with van der Waals surface area (Å²) in [6, 6.07) is 12.0. The minimum Gasteiger partial charge on any atom is -0.497 e. The van der Waals surface area contributed by atoms with Crippen molar-refractivity contribution in [1.82, 2.24) is 30.1 Å². The number of hydrogen-bond donors (Lipinski definition) is 2. The first kappa shape index (κ1) is 26.3. The van der Waals surface area contributed by atoms with Crippen molar-refractivity contribution in [2.24, 2.45) is 0 Å². The van der Waals surface area contributed by atoms with E-state index in [1.165, 1.54) is 23.4 Å². The van der Waals surface area contributed by atoms with Gasteiger partial charge in [-0.15, -0.1) is 6.42 Å². The molecule has 2 aliphatic heterocycles. The molecule has 3 aromatic rings. The second kappa shape index (κ2) is 10.8. The predicted octanol–water partition coefficient (Wildman–Crippen LogP) is 1.50. The number of urea groups is 1. The fourth-order valence-corrected chi connectivity index (χ4v) is 6.01. The summed E-state index contributed by atoms with van der Waals surface area (Å²) >= 11 is 1.39. The van der Waals surface area contributed by atoms with E-state index in [4.69, 9.17) is 16.9 Å². The molecule has 11 nitrogen and oxygen atoms in total. The van der Waals surface area contributed by atoms with Gasteiger partial charge in [-0.05, 0) is 29.3 Å². The Kier molecular flexibility index (Phi) is 7.28. The van der Waals surface area contributed by atoms with Crippen LogP contribution in [0.15, 0.2) is 42.5 Å². The molecule has 0 radical (unpaired) electrons. The van der Waals surface area contributed by atoms with Crippen molar-refractivity contribution < 1.29 is 19.1 Å². The standard InChI is InChI=1S/C27H29N7O4S/c1-4-12-32(27(37)29-2)33-16-23(35)34-20(13-17-8-10-19(38-3)11-9-17)25(36)31(15-22(33)34)14-18-6-5-7-21-24(18)30-26(28)39-21/h1,5-11,20,22H,12-16H2,2-3H3,(H2,28,30)(H,29,37)/t20-,22+/m0/s1. The van der Waals surface area contributed by atoms with E-state index in [-0.39, 0.29) is 38.0 Å². The van der Waals surface area contributed by atoms with E-state index >= 15 is 0 Å². The number of para-hydroxylation sites is 1. The van der Waals surface area contributed by atoms with Crippen molar-refractivity contribution in [1.29, 1.82) is 0 Å². The number of hydrogen-bond acceptors (Lipinski definition) is 8. The van der Waals surface area contributed by atoms with Crippen molar-refractivity contribution in [3.05, 3.63) is 53.6 Å². The first-order chi connectivity index (χ1) is 18.8. The van der Waals surface area contributed by atoms with Gasteiger partial charge < -0.3 is 25.6 Å². The van der Waals surface area contributed by atoms with Crippen molar-refractivity contribution in [3.8, 4) is 18.1 Å². The summed E-state index contributed by atoms with van der Waals surface area (Å²) in [7, 11) is 3.09. The molecule has 202 valence electrons. The lowest BCUT2D eigenvalue weighted by Gasteiger charge is -2.46. The number of carbonyl (C=O) groups excluding carboxylic acids is 3. The van der Waals surface area contributed by atoms with Crippen LogP contribution in [0.2, 0.25) is 0 Å². The Labute approximate surface area is 230 Å². The molecule has 39 heavy (non-hydrogen) atoms. The van der Waals surface area contributed by atoms with Crippen LogP contribution in [0, 0.1) is 12.3 Å². The number of anilines is 1. The van der Waals surface area contributed by atoms with Crippen molar-refractivity contribution >= 4 is 44.5 Å². The van der Waals surface area contributed by atoms with Gasteiger partial charge in [-0.3, -0.25) is 9.59 Å². The van der Waals surface area contributed by atoms with Gasteiger partial charge in [0.15, 0.2) is 5.13 Å². The number of nitrogens with one attached hydrogen (secondary N) is 1. The molecule has 3 N–H and O–H groups in total. The Morgan fingerprint density at radius 1 is 1.28 bits per heavy atom. The average molecular weight is 548 g/mol. The van der Waals surface area contributed by atoms with E-state index in [1.807, 2.05) is 42.5 Å². The number of aromatic nitrogens is 1. The first-order valence-electron chi connectivity index (χ1n) is 12.4. The van der Waals surface area contributed by atoms with Gasteiger partial charge in [0, 0.05) is 20.0 Å². The van der Waals surface area contributed by atoms with E-state index in [2.05, 4.69) is 16.2 Å². The zero-order chi connectivity index (χ0) is 27.7. The summed E-state index contributed by atoms with van der Waals surface area (Å²) in [6.45, 7) is 0.377. The van der Waals surface area contributed by atoms with Crippen molar-refractivity contribution in [2.75, 3.05) is 39.5 Å². The summed E-state index contributed by atoms with van der Waals surface area (Å²) < 4.78 is 6.20. The van der Waals surface area contributed by atoms with Gasteiger partial charge in [-0.25, -0.2) is 14.8 Å². The number of nitrogens with zero attached hydrogens (tertiary/aromatic N) is 5. The second-order valence-corrected chi connectivity index (χ2v) is 10.4. The van der Waals surface area contributed by atoms with Crippen molar-refractivity contribution in [3.63, 3.8) is 0 Å². The monoisotopic (exact) mass is 547 g/mol.